The zero-order valence-corrected chi connectivity index (χ0v) is 9.15. The summed E-state index contributed by atoms with van der Waals surface area (Å²) in [5.74, 6) is -0.265. The van der Waals surface area contributed by atoms with Crippen molar-refractivity contribution in [3.8, 4) is 0 Å². The lowest BCUT2D eigenvalue weighted by molar-refractivity contribution is -0.163. The van der Waals surface area contributed by atoms with Crippen LogP contribution in [-0.4, -0.2) is 19.0 Å². The summed E-state index contributed by atoms with van der Waals surface area (Å²) in [6.45, 7) is 3.72. The van der Waals surface area contributed by atoms with E-state index in [2.05, 4.69) is 12.3 Å². The first kappa shape index (κ1) is 8.89. The molecular weight excluding hydrogens is 196 g/mol. The lowest BCUT2D eigenvalue weighted by Gasteiger charge is -2.31. The Morgan fingerprint density at radius 1 is 1.36 bits per heavy atom. The summed E-state index contributed by atoms with van der Waals surface area (Å²) in [4.78, 5) is 1.43. The Labute approximate surface area is 87.8 Å². The normalized spacial score (nSPS) is 24.1. The Hall–Kier alpha value is -0.380. The van der Waals surface area contributed by atoms with E-state index in [0.29, 0.717) is 0 Å². The molecule has 2 heterocycles. The predicted molar refractivity (Wildman–Crippen MR) is 55.7 cm³/mol. The van der Waals surface area contributed by atoms with Crippen molar-refractivity contribution in [2.45, 2.75) is 32.0 Å². The van der Waals surface area contributed by atoms with Crippen LogP contribution in [0.15, 0.2) is 5.38 Å². The molecule has 76 valence electrons. The fourth-order valence-corrected chi connectivity index (χ4v) is 3.33. The van der Waals surface area contributed by atoms with Crippen LogP contribution in [-0.2, 0) is 22.3 Å². The van der Waals surface area contributed by atoms with Crippen molar-refractivity contribution in [3.05, 3.63) is 21.4 Å². The lowest BCUT2D eigenvalue weighted by Crippen LogP contribution is -2.36. The van der Waals surface area contributed by atoms with Crippen molar-refractivity contribution in [2.24, 2.45) is 0 Å². The molecule has 0 saturated carbocycles. The van der Waals surface area contributed by atoms with Crippen LogP contribution in [0.3, 0.4) is 0 Å². The van der Waals surface area contributed by atoms with E-state index in [1.807, 2.05) is 11.3 Å². The molecule has 14 heavy (non-hydrogen) atoms. The van der Waals surface area contributed by atoms with Gasteiger partial charge < -0.3 is 9.47 Å². The summed E-state index contributed by atoms with van der Waals surface area (Å²) in [6, 6.07) is 0. The average Bonchev–Trinajstić information content (AvgIpc) is 2.77. The smallest absolute Gasteiger partial charge is 0.172 e. The van der Waals surface area contributed by atoms with Crippen LogP contribution in [0.25, 0.3) is 0 Å². The van der Waals surface area contributed by atoms with E-state index in [0.717, 1.165) is 32.5 Å². The predicted octanol–water partition coefficient (Wildman–Crippen LogP) is 2.29. The van der Waals surface area contributed by atoms with Gasteiger partial charge in [-0.05, 0) is 29.9 Å². The minimum Gasteiger partial charge on any atom is -0.347 e. The van der Waals surface area contributed by atoms with Crippen LogP contribution in [0.1, 0.15) is 22.4 Å². The van der Waals surface area contributed by atoms with Crippen molar-refractivity contribution >= 4 is 11.3 Å². The average molecular weight is 210 g/mol. The first-order chi connectivity index (χ1) is 6.79. The molecule has 0 unspecified atom stereocenters. The van der Waals surface area contributed by atoms with Crippen molar-refractivity contribution in [3.63, 3.8) is 0 Å². The zero-order chi connectivity index (χ0) is 9.60. The van der Waals surface area contributed by atoms with Gasteiger partial charge in [-0.15, -0.1) is 11.3 Å². The van der Waals surface area contributed by atoms with Crippen LogP contribution >= 0.6 is 11.3 Å². The van der Waals surface area contributed by atoms with Gasteiger partial charge in [0.05, 0.1) is 13.2 Å². The van der Waals surface area contributed by atoms with Gasteiger partial charge in [-0.3, -0.25) is 0 Å². The maximum absolute atomic E-state index is 5.75. The summed E-state index contributed by atoms with van der Waals surface area (Å²) >= 11 is 1.85. The van der Waals surface area contributed by atoms with Gasteiger partial charge in [-0.2, -0.15) is 0 Å². The van der Waals surface area contributed by atoms with Crippen molar-refractivity contribution < 1.29 is 9.47 Å². The molecular formula is C11H14O2S. The Morgan fingerprint density at radius 3 is 2.93 bits per heavy atom. The molecule has 2 aliphatic rings. The largest absolute Gasteiger partial charge is 0.347 e. The maximum atomic E-state index is 5.75. The Balaban J connectivity index is 1.95. The Bertz CT molecular complexity index is 350. The van der Waals surface area contributed by atoms with Crippen molar-refractivity contribution in [1.29, 1.82) is 0 Å². The highest BCUT2D eigenvalue weighted by Gasteiger charge is 2.40. The van der Waals surface area contributed by atoms with Gasteiger partial charge in [0.25, 0.3) is 0 Å². The van der Waals surface area contributed by atoms with E-state index in [-0.39, 0.29) is 5.79 Å². The third kappa shape index (κ3) is 1.23. The van der Waals surface area contributed by atoms with Crippen LogP contribution in [0, 0.1) is 6.92 Å². The minimum atomic E-state index is -0.265. The van der Waals surface area contributed by atoms with E-state index >= 15 is 0 Å². The van der Waals surface area contributed by atoms with E-state index in [1.54, 1.807) is 0 Å². The van der Waals surface area contributed by atoms with Gasteiger partial charge in [0, 0.05) is 17.7 Å². The molecule has 0 radical (unpaired) electrons. The number of thiophene rings is 1. The standard InChI is InChI=1S/C11H14O2S/c1-8-10-6-11(12-4-5-13-11)3-2-9(10)7-14-8/h7H,2-6H2,1H3. The van der Waals surface area contributed by atoms with Gasteiger partial charge in [-0.25, -0.2) is 0 Å². The summed E-state index contributed by atoms with van der Waals surface area (Å²) < 4.78 is 11.5. The molecule has 1 aliphatic carbocycles. The van der Waals surface area contributed by atoms with Crippen LogP contribution in [0.2, 0.25) is 0 Å². The van der Waals surface area contributed by atoms with Crippen molar-refractivity contribution in [2.75, 3.05) is 13.2 Å². The highest BCUT2D eigenvalue weighted by atomic mass is 32.1. The van der Waals surface area contributed by atoms with Gasteiger partial charge in [0.2, 0.25) is 0 Å². The number of hydrogen-bond donors (Lipinski definition) is 0. The molecule has 3 heteroatoms. The quantitative estimate of drug-likeness (QED) is 0.654. The van der Waals surface area contributed by atoms with Gasteiger partial charge >= 0.3 is 0 Å². The van der Waals surface area contributed by atoms with Gasteiger partial charge in [0.15, 0.2) is 5.79 Å². The molecule has 0 bridgehead atoms. The third-order valence-electron chi connectivity index (χ3n) is 3.23. The topological polar surface area (TPSA) is 18.5 Å². The minimum absolute atomic E-state index is 0.265. The number of ether oxygens (including phenoxy) is 2. The first-order valence-corrected chi connectivity index (χ1v) is 6.01. The van der Waals surface area contributed by atoms with Crippen LogP contribution in [0.5, 0.6) is 0 Å². The number of aryl methyl sites for hydroxylation is 2. The van der Waals surface area contributed by atoms with Gasteiger partial charge in [0.1, 0.15) is 0 Å². The molecule has 0 atom stereocenters. The highest BCUT2D eigenvalue weighted by molar-refractivity contribution is 7.10. The SMILES string of the molecule is Cc1scc2c1CC1(CC2)OCCO1. The Kier molecular flexibility index (Phi) is 1.94. The third-order valence-corrected chi connectivity index (χ3v) is 4.23. The molecule has 1 aromatic heterocycles. The second-order valence-corrected chi connectivity index (χ2v) is 5.16. The molecule has 1 spiro atoms. The van der Waals surface area contributed by atoms with Crippen LogP contribution in [0.4, 0.5) is 0 Å². The molecule has 0 amide bonds. The summed E-state index contributed by atoms with van der Waals surface area (Å²) in [5, 5.41) is 2.28. The fraction of sp³-hybridized carbons (Fsp3) is 0.636. The summed E-state index contributed by atoms with van der Waals surface area (Å²) in [7, 11) is 0. The maximum Gasteiger partial charge on any atom is 0.172 e. The monoisotopic (exact) mass is 210 g/mol. The van der Waals surface area contributed by atoms with E-state index in [4.69, 9.17) is 9.47 Å². The first-order valence-electron chi connectivity index (χ1n) is 5.13. The molecule has 1 aliphatic heterocycles. The molecule has 1 saturated heterocycles. The molecule has 3 rings (SSSR count). The second-order valence-electron chi connectivity index (χ2n) is 4.08. The highest BCUT2D eigenvalue weighted by Crippen LogP contribution is 2.38. The molecule has 1 fully saturated rings. The number of hydrogen-bond acceptors (Lipinski definition) is 3. The zero-order valence-electron chi connectivity index (χ0n) is 8.34. The van der Waals surface area contributed by atoms with Crippen molar-refractivity contribution in [1.82, 2.24) is 0 Å². The molecule has 2 nitrogen and oxygen atoms in total. The Morgan fingerprint density at radius 2 is 2.14 bits per heavy atom. The van der Waals surface area contributed by atoms with Gasteiger partial charge in [-0.1, -0.05) is 0 Å². The lowest BCUT2D eigenvalue weighted by atomic mass is 9.89. The van der Waals surface area contributed by atoms with E-state index < -0.39 is 0 Å². The second kappa shape index (κ2) is 3.05. The molecule has 0 N–H and O–H groups in total. The fourth-order valence-electron chi connectivity index (χ4n) is 2.40. The number of rotatable bonds is 0. The van der Waals surface area contributed by atoms with E-state index in [1.165, 1.54) is 16.0 Å². The number of fused-ring (bicyclic) bond motifs is 1. The summed E-state index contributed by atoms with van der Waals surface area (Å²) in [6.07, 6.45) is 3.09. The van der Waals surface area contributed by atoms with E-state index in [9.17, 15) is 0 Å². The molecule has 0 aromatic carbocycles. The van der Waals surface area contributed by atoms with Crippen LogP contribution < -0.4 is 0 Å². The molecule has 1 aromatic rings. The summed E-state index contributed by atoms with van der Waals surface area (Å²) in [5.41, 5.74) is 2.99.